The van der Waals surface area contributed by atoms with Gasteiger partial charge in [0.2, 0.25) is 5.91 Å². The maximum absolute atomic E-state index is 11.6. The maximum Gasteiger partial charge on any atom is 0.349 e. The van der Waals surface area contributed by atoms with Crippen LogP contribution in [0.4, 0.5) is 0 Å². The van der Waals surface area contributed by atoms with E-state index in [1.807, 2.05) is 11.4 Å². The summed E-state index contributed by atoms with van der Waals surface area (Å²) in [7, 11) is 0. The zero-order valence-electron chi connectivity index (χ0n) is 8.36. The zero-order chi connectivity index (χ0) is 11.5. The predicted molar refractivity (Wildman–Crippen MR) is 63.4 cm³/mol. The fourth-order valence-electron chi connectivity index (χ4n) is 1.48. The Morgan fingerprint density at radius 1 is 1.69 bits per heavy atom. The van der Waals surface area contributed by atoms with Gasteiger partial charge in [-0.3, -0.25) is 4.79 Å². The number of halogens is 1. The molecule has 2 heterocycles. The lowest BCUT2D eigenvalue weighted by Crippen LogP contribution is -2.17. The molecule has 1 aliphatic rings. The molecule has 0 spiro atoms. The van der Waals surface area contributed by atoms with Gasteiger partial charge in [-0.25, -0.2) is 4.79 Å². The number of nitrogens with one attached hydrogen (secondary N) is 1. The summed E-state index contributed by atoms with van der Waals surface area (Å²) in [4.78, 5) is 23.1. The largest absolute Gasteiger partial charge is 0.461 e. The number of hydrogen-bond donors (Lipinski definition) is 1. The van der Waals surface area contributed by atoms with Crippen LogP contribution in [0.25, 0.3) is 0 Å². The number of hydrogen-bond acceptors (Lipinski definition) is 4. The highest BCUT2D eigenvalue weighted by Crippen LogP contribution is 2.23. The highest BCUT2D eigenvalue weighted by Gasteiger charge is 2.23. The predicted octanol–water partition coefficient (Wildman–Crippen LogP) is 1.80. The smallest absolute Gasteiger partial charge is 0.349 e. The Balaban J connectivity index is 1.85. The lowest BCUT2D eigenvalue weighted by molar-refractivity contribution is -0.119. The number of carbonyl (C=O) groups is 2. The summed E-state index contributed by atoms with van der Waals surface area (Å²) in [5, 5.41) is 4.52. The Morgan fingerprint density at radius 2 is 2.50 bits per heavy atom. The quantitative estimate of drug-likeness (QED) is 0.866. The van der Waals surface area contributed by atoms with Crippen LogP contribution in [0.2, 0.25) is 0 Å². The second kappa shape index (κ2) is 4.97. The first kappa shape index (κ1) is 11.6. The van der Waals surface area contributed by atoms with Gasteiger partial charge in [-0.1, -0.05) is 0 Å². The van der Waals surface area contributed by atoms with Gasteiger partial charge in [-0.05, 0) is 27.4 Å². The van der Waals surface area contributed by atoms with Crippen LogP contribution in [-0.4, -0.2) is 25.0 Å². The van der Waals surface area contributed by atoms with Gasteiger partial charge in [0.1, 0.15) is 4.88 Å². The van der Waals surface area contributed by atoms with Crippen molar-refractivity contribution < 1.29 is 14.3 Å². The molecule has 86 valence electrons. The van der Waals surface area contributed by atoms with Crippen LogP contribution in [0.3, 0.4) is 0 Å². The third-order valence-electron chi connectivity index (χ3n) is 2.31. The van der Waals surface area contributed by atoms with Gasteiger partial charge in [-0.15, -0.1) is 11.3 Å². The fourth-order valence-corrected chi connectivity index (χ4v) is 2.91. The topological polar surface area (TPSA) is 55.4 Å². The fraction of sp³-hybridized carbons (Fsp3) is 0.400. The van der Waals surface area contributed by atoms with Crippen LogP contribution in [0.5, 0.6) is 0 Å². The molecule has 16 heavy (non-hydrogen) atoms. The summed E-state index contributed by atoms with van der Waals surface area (Å²) in [5.41, 5.74) is 0. The number of esters is 1. The van der Waals surface area contributed by atoms with Crippen molar-refractivity contribution in [3.63, 3.8) is 0 Å². The monoisotopic (exact) mass is 303 g/mol. The van der Waals surface area contributed by atoms with E-state index in [4.69, 9.17) is 4.74 Å². The third kappa shape index (κ3) is 2.62. The molecule has 1 aromatic heterocycles. The Hall–Kier alpha value is -0.880. The number of thiophene rings is 1. The van der Waals surface area contributed by atoms with E-state index < -0.39 is 0 Å². The Morgan fingerprint density at radius 3 is 3.06 bits per heavy atom. The molecule has 1 amide bonds. The van der Waals surface area contributed by atoms with E-state index >= 15 is 0 Å². The average molecular weight is 304 g/mol. The van der Waals surface area contributed by atoms with Gasteiger partial charge in [0.05, 0.1) is 6.61 Å². The highest BCUT2D eigenvalue weighted by molar-refractivity contribution is 9.10. The van der Waals surface area contributed by atoms with E-state index in [-0.39, 0.29) is 17.8 Å². The SMILES string of the molecule is O=C1C[C@@H](COC(=O)c2sccc2Br)CN1. The van der Waals surface area contributed by atoms with Crippen LogP contribution in [0, 0.1) is 5.92 Å². The van der Waals surface area contributed by atoms with E-state index in [1.54, 1.807) is 0 Å². The molecule has 1 aromatic rings. The minimum Gasteiger partial charge on any atom is -0.461 e. The molecule has 0 saturated carbocycles. The standard InChI is InChI=1S/C10H10BrNO3S/c11-7-1-2-16-9(7)10(14)15-5-6-3-8(13)12-4-6/h1-2,6H,3-5H2,(H,12,13)/t6-/m1/s1. The first-order valence-electron chi connectivity index (χ1n) is 4.83. The average Bonchev–Trinajstić information content (AvgIpc) is 2.84. The van der Waals surface area contributed by atoms with Crippen molar-refractivity contribution >= 4 is 39.1 Å². The highest BCUT2D eigenvalue weighted by atomic mass is 79.9. The molecule has 0 aromatic carbocycles. The van der Waals surface area contributed by atoms with Gasteiger partial charge < -0.3 is 10.1 Å². The molecule has 1 atom stereocenters. The van der Waals surface area contributed by atoms with E-state index in [0.29, 0.717) is 24.4 Å². The Labute approximate surface area is 105 Å². The lowest BCUT2D eigenvalue weighted by atomic mass is 10.1. The minimum atomic E-state index is -0.332. The molecule has 0 aliphatic carbocycles. The number of amides is 1. The van der Waals surface area contributed by atoms with Gasteiger partial charge in [0.15, 0.2) is 0 Å². The summed E-state index contributed by atoms with van der Waals surface area (Å²) in [6, 6.07) is 1.81. The molecule has 0 radical (unpaired) electrons. The van der Waals surface area contributed by atoms with Crippen LogP contribution < -0.4 is 5.32 Å². The van der Waals surface area contributed by atoms with Crippen molar-refractivity contribution in [2.24, 2.45) is 5.92 Å². The van der Waals surface area contributed by atoms with E-state index in [1.165, 1.54) is 11.3 Å². The molecular weight excluding hydrogens is 294 g/mol. The van der Waals surface area contributed by atoms with Crippen molar-refractivity contribution in [2.75, 3.05) is 13.2 Å². The van der Waals surface area contributed by atoms with Crippen molar-refractivity contribution in [1.29, 1.82) is 0 Å². The van der Waals surface area contributed by atoms with Crippen molar-refractivity contribution in [2.45, 2.75) is 6.42 Å². The molecule has 1 saturated heterocycles. The van der Waals surface area contributed by atoms with Crippen LogP contribution >= 0.6 is 27.3 Å². The van der Waals surface area contributed by atoms with Crippen molar-refractivity contribution in [1.82, 2.24) is 5.32 Å². The summed E-state index contributed by atoms with van der Waals surface area (Å²) < 4.78 is 5.90. The van der Waals surface area contributed by atoms with Crippen LogP contribution in [0.15, 0.2) is 15.9 Å². The van der Waals surface area contributed by atoms with Crippen molar-refractivity contribution in [3.05, 3.63) is 20.8 Å². The Kier molecular flexibility index (Phi) is 3.60. The second-order valence-corrected chi connectivity index (χ2v) is 5.34. The Bertz CT molecular complexity index is 418. The number of carbonyl (C=O) groups excluding carboxylic acids is 2. The van der Waals surface area contributed by atoms with Gasteiger partial charge in [-0.2, -0.15) is 0 Å². The zero-order valence-corrected chi connectivity index (χ0v) is 10.8. The molecule has 6 heteroatoms. The number of rotatable bonds is 3. The summed E-state index contributed by atoms with van der Waals surface area (Å²) in [6.07, 6.45) is 0.443. The molecule has 4 nitrogen and oxygen atoms in total. The molecule has 0 bridgehead atoms. The van der Waals surface area contributed by atoms with E-state index in [2.05, 4.69) is 21.2 Å². The van der Waals surface area contributed by atoms with Crippen LogP contribution in [0.1, 0.15) is 16.1 Å². The third-order valence-corrected chi connectivity index (χ3v) is 4.13. The van der Waals surface area contributed by atoms with Crippen LogP contribution in [-0.2, 0) is 9.53 Å². The number of ether oxygens (including phenoxy) is 1. The molecule has 1 aliphatic heterocycles. The van der Waals surface area contributed by atoms with Gasteiger partial charge in [0.25, 0.3) is 0 Å². The van der Waals surface area contributed by atoms with E-state index in [0.717, 1.165) is 4.47 Å². The maximum atomic E-state index is 11.6. The van der Waals surface area contributed by atoms with Gasteiger partial charge >= 0.3 is 5.97 Å². The first-order valence-corrected chi connectivity index (χ1v) is 6.51. The summed E-state index contributed by atoms with van der Waals surface area (Å²) in [5.74, 6) is -0.199. The van der Waals surface area contributed by atoms with E-state index in [9.17, 15) is 9.59 Å². The second-order valence-electron chi connectivity index (χ2n) is 3.57. The minimum absolute atomic E-state index is 0.0263. The molecule has 1 N–H and O–H groups in total. The molecular formula is C10H10BrNO3S. The summed E-state index contributed by atoms with van der Waals surface area (Å²) >= 11 is 4.61. The lowest BCUT2D eigenvalue weighted by Gasteiger charge is -2.07. The molecule has 2 rings (SSSR count). The first-order chi connectivity index (χ1) is 7.66. The molecule has 1 fully saturated rings. The van der Waals surface area contributed by atoms with Gasteiger partial charge in [0, 0.05) is 23.4 Å². The normalized spacial score (nSPS) is 19.6. The van der Waals surface area contributed by atoms with Crippen molar-refractivity contribution in [3.8, 4) is 0 Å². The summed E-state index contributed by atoms with van der Waals surface area (Å²) in [6.45, 7) is 0.889. The molecule has 0 unspecified atom stereocenters.